The van der Waals surface area contributed by atoms with Crippen molar-refractivity contribution in [2.75, 3.05) is 43.1 Å². The lowest BCUT2D eigenvalue weighted by Crippen LogP contribution is -2.38. The molecular formula is C23H28N6O4. The second-order valence-corrected chi connectivity index (χ2v) is 7.75. The summed E-state index contributed by atoms with van der Waals surface area (Å²) in [7, 11) is 0. The number of carbonyl (C=O) groups is 1. The predicted octanol–water partition coefficient (Wildman–Crippen LogP) is 1.76. The summed E-state index contributed by atoms with van der Waals surface area (Å²) in [6, 6.07) is 9.10. The first-order valence-corrected chi connectivity index (χ1v) is 11.0. The van der Waals surface area contributed by atoms with Gasteiger partial charge < -0.3 is 19.7 Å². The van der Waals surface area contributed by atoms with E-state index < -0.39 is 0 Å². The zero-order valence-corrected chi connectivity index (χ0v) is 18.6. The molecule has 1 saturated heterocycles. The van der Waals surface area contributed by atoms with Crippen LogP contribution in [0.4, 0.5) is 11.6 Å². The van der Waals surface area contributed by atoms with Crippen molar-refractivity contribution in [1.82, 2.24) is 19.7 Å². The second kappa shape index (κ2) is 10.8. The number of nitrogens with zero attached hydrogens (tertiary/aromatic N) is 4. The molecule has 1 amide bonds. The van der Waals surface area contributed by atoms with Crippen LogP contribution in [-0.4, -0.2) is 58.6 Å². The Bertz CT molecular complexity index is 1120. The summed E-state index contributed by atoms with van der Waals surface area (Å²) in [6.45, 7) is 5.51. The number of carbonyl (C=O) groups excluding carboxylic acids is 1. The predicted molar refractivity (Wildman–Crippen MR) is 124 cm³/mol. The molecule has 0 spiro atoms. The minimum atomic E-state index is -0.204. The molecule has 1 aliphatic heterocycles. The van der Waals surface area contributed by atoms with Gasteiger partial charge in [-0.3, -0.25) is 19.3 Å². The van der Waals surface area contributed by atoms with Crippen LogP contribution in [0.3, 0.4) is 0 Å². The van der Waals surface area contributed by atoms with Crippen LogP contribution in [0.2, 0.25) is 0 Å². The molecule has 2 N–H and O–H groups in total. The van der Waals surface area contributed by atoms with Crippen molar-refractivity contribution in [1.29, 1.82) is 0 Å². The van der Waals surface area contributed by atoms with Crippen molar-refractivity contribution >= 4 is 17.5 Å². The highest BCUT2D eigenvalue weighted by Crippen LogP contribution is 2.18. The Balaban J connectivity index is 1.29. The number of H-pyrrole nitrogens is 1. The van der Waals surface area contributed by atoms with E-state index in [0.29, 0.717) is 74.5 Å². The molecule has 0 aliphatic carbocycles. The quantitative estimate of drug-likeness (QED) is 0.508. The van der Waals surface area contributed by atoms with E-state index in [1.807, 2.05) is 29.3 Å². The van der Waals surface area contributed by atoms with E-state index in [-0.39, 0.29) is 17.9 Å². The van der Waals surface area contributed by atoms with E-state index in [4.69, 9.17) is 9.47 Å². The molecule has 10 nitrogen and oxygen atoms in total. The normalized spacial score (nSPS) is 13.7. The lowest BCUT2D eigenvalue weighted by atomic mass is 10.1. The van der Waals surface area contributed by atoms with E-state index >= 15 is 0 Å². The van der Waals surface area contributed by atoms with Crippen molar-refractivity contribution in [3.8, 4) is 5.75 Å². The first kappa shape index (κ1) is 22.5. The number of ether oxygens (including phenoxy) is 2. The summed E-state index contributed by atoms with van der Waals surface area (Å²) < 4.78 is 12.9. The van der Waals surface area contributed by atoms with Gasteiger partial charge in [0.05, 0.1) is 19.8 Å². The van der Waals surface area contributed by atoms with Crippen molar-refractivity contribution in [2.45, 2.75) is 26.3 Å². The van der Waals surface area contributed by atoms with Gasteiger partial charge in [0.15, 0.2) is 0 Å². The van der Waals surface area contributed by atoms with E-state index in [0.717, 1.165) is 0 Å². The van der Waals surface area contributed by atoms with Gasteiger partial charge in [-0.1, -0.05) is 6.07 Å². The monoisotopic (exact) mass is 452 g/mol. The first-order valence-electron chi connectivity index (χ1n) is 11.0. The molecule has 33 heavy (non-hydrogen) atoms. The number of anilines is 2. The van der Waals surface area contributed by atoms with E-state index in [1.54, 1.807) is 29.9 Å². The maximum absolute atomic E-state index is 12.6. The Morgan fingerprint density at radius 1 is 1.27 bits per heavy atom. The maximum Gasteiger partial charge on any atom is 0.255 e. The topological polar surface area (TPSA) is 114 Å². The largest absolute Gasteiger partial charge is 0.492 e. The van der Waals surface area contributed by atoms with Crippen molar-refractivity contribution < 1.29 is 14.3 Å². The number of rotatable bonds is 9. The molecule has 1 fully saturated rings. The summed E-state index contributed by atoms with van der Waals surface area (Å²) in [5, 5.41) is 7.00. The number of amides is 1. The Hall–Kier alpha value is -3.66. The van der Waals surface area contributed by atoms with Crippen LogP contribution in [0.15, 0.2) is 47.5 Å². The SMILES string of the molecule is Cc1nc(N2CCOCC2)[nH]c(=O)c1CCC(=O)Nc1cccc(OCCn2cccn2)c1. The number of nitrogens with one attached hydrogen (secondary N) is 2. The molecule has 1 aromatic carbocycles. The van der Waals surface area contributed by atoms with Gasteiger partial charge in [-0.2, -0.15) is 5.10 Å². The van der Waals surface area contributed by atoms with Crippen LogP contribution < -0.4 is 20.5 Å². The standard InChI is InChI=1S/C23H28N6O4/c1-17-20(22(31)27-23(25-17)28-10-13-32-14-11-28)6-7-21(30)26-18-4-2-5-19(16-18)33-15-12-29-9-3-8-24-29/h2-5,8-9,16H,6-7,10-15H2,1H3,(H,26,30)(H,25,27,31). The number of aromatic nitrogens is 4. The van der Waals surface area contributed by atoms with E-state index in [1.165, 1.54) is 0 Å². The number of morpholine rings is 1. The van der Waals surface area contributed by atoms with Crippen LogP contribution in [-0.2, 0) is 22.5 Å². The lowest BCUT2D eigenvalue weighted by Gasteiger charge is -2.27. The number of hydrogen-bond donors (Lipinski definition) is 2. The second-order valence-electron chi connectivity index (χ2n) is 7.75. The molecule has 0 bridgehead atoms. The van der Waals surface area contributed by atoms with Crippen LogP contribution in [0.1, 0.15) is 17.7 Å². The third-order valence-electron chi connectivity index (χ3n) is 5.39. The molecule has 3 heterocycles. The fourth-order valence-electron chi connectivity index (χ4n) is 3.63. The minimum Gasteiger partial charge on any atom is -0.492 e. The van der Waals surface area contributed by atoms with Gasteiger partial charge >= 0.3 is 0 Å². The Morgan fingerprint density at radius 2 is 2.12 bits per heavy atom. The highest BCUT2D eigenvalue weighted by Gasteiger charge is 2.17. The maximum atomic E-state index is 12.6. The van der Waals surface area contributed by atoms with Gasteiger partial charge in [0, 0.05) is 54.9 Å². The van der Waals surface area contributed by atoms with E-state index in [9.17, 15) is 9.59 Å². The fraction of sp³-hybridized carbons (Fsp3) is 0.391. The summed E-state index contributed by atoms with van der Waals surface area (Å²) in [4.78, 5) is 34.5. The summed E-state index contributed by atoms with van der Waals surface area (Å²) in [6.07, 6.45) is 4.08. The molecule has 4 rings (SSSR count). The Labute approximate surface area is 191 Å². The Morgan fingerprint density at radius 3 is 2.88 bits per heavy atom. The number of aromatic amines is 1. The number of benzene rings is 1. The molecular weight excluding hydrogens is 424 g/mol. The average molecular weight is 453 g/mol. The van der Waals surface area contributed by atoms with Gasteiger partial charge in [0.1, 0.15) is 12.4 Å². The molecule has 174 valence electrons. The molecule has 0 radical (unpaired) electrons. The summed E-state index contributed by atoms with van der Waals surface area (Å²) in [5.41, 5.74) is 1.60. The van der Waals surface area contributed by atoms with Crippen LogP contribution in [0, 0.1) is 6.92 Å². The third kappa shape index (κ3) is 6.19. The van der Waals surface area contributed by atoms with Gasteiger partial charge in [0.25, 0.3) is 5.56 Å². The zero-order chi connectivity index (χ0) is 23.0. The summed E-state index contributed by atoms with van der Waals surface area (Å²) in [5.74, 6) is 1.04. The Kier molecular flexibility index (Phi) is 7.36. The van der Waals surface area contributed by atoms with Crippen LogP contribution >= 0.6 is 0 Å². The van der Waals surface area contributed by atoms with Gasteiger partial charge in [0.2, 0.25) is 11.9 Å². The van der Waals surface area contributed by atoms with Gasteiger partial charge in [-0.15, -0.1) is 0 Å². The van der Waals surface area contributed by atoms with Crippen molar-refractivity contribution in [3.05, 3.63) is 64.3 Å². The van der Waals surface area contributed by atoms with Crippen LogP contribution in [0.5, 0.6) is 5.75 Å². The van der Waals surface area contributed by atoms with Crippen molar-refractivity contribution in [2.24, 2.45) is 0 Å². The molecule has 3 aromatic rings. The average Bonchev–Trinajstić information content (AvgIpc) is 3.33. The summed E-state index contributed by atoms with van der Waals surface area (Å²) >= 11 is 0. The molecule has 10 heteroatoms. The highest BCUT2D eigenvalue weighted by atomic mass is 16.5. The van der Waals surface area contributed by atoms with Gasteiger partial charge in [-0.25, -0.2) is 4.98 Å². The molecule has 0 saturated carbocycles. The smallest absolute Gasteiger partial charge is 0.255 e. The molecule has 2 aromatic heterocycles. The first-order chi connectivity index (χ1) is 16.1. The van der Waals surface area contributed by atoms with Gasteiger partial charge in [-0.05, 0) is 31.5 Å². The molecule has 1 aliphatic rings. The fourth-order valence-corrected chi connectivity index (χ4v) is 3.63. The zero-order valence-electron chi connectivity index (χ0n) is 18.6. The minimum absolute atomic E-state index is 0.173. The van der Waals surface area contributed by atoms with E-state index in [2.05, 4.69) is 20.4 Å². The highest BCUT2D eigenvalue weighted by molar-refractivity contribution is 5.91. The van der Waals surface area contributed by atoms with Crippen molar-refractivity contribution in [3.63, 3.8) is 0 Å². The van der Waals surface area contributed by atoms with Crippen LogP contribution in [0.25, 0.3) is 0 Å². The lowest BCUT2D eigenvalue weighted by molar-refractivity contribution is -0.116. The third-order valence-corrected chi connectivity index (χ3v) is 5.39. The number of hydrogen-bond acceptors (Lipinski definition) is 7. The molecule has 0 unspecified atom stereocenters. The molecule has 0 atom stereocenters. The number of aryl methyl sites for hydroxylation is 1.